The van der Waals surface area contributed by atoms with E-state index in [9.17, 15) is 14.7 Å². The number of carbonyl (C=O) groups is 2. The van der Waals surface area contributed by atoms with Crippen LogP contribution in [-0.4, -0.2) is 48.8 Å². The predicted molar refractivity (Wildman–Crippen MR) is 88.4 cm³/mol. The van der Waals surface area contributed by atoms with E-state index in [0.717, 1.165) is 12.0 Å². The van der Waals surface area contributed by atoms with Crippen LogP contribution in [0.15, 0.2) is 11.8 Å². The van der Waals surface area contributed by atoms with Crippen molar-refractivity contribution in [3.63, 3.8) is 0 Å². The zero-order valence-corrected chi connectivity index (χ0v) is 15.4. The quantitative estimate of drug-likeness (QED) is 0.755. The second kappa shape index (κ2) is 5.96. The summed E-state index contributed by atoms with van der Waals surface area (Å²) >= 11 is 0. The Morgan fingerprint density at radius 3 is 2.77 bits per heavy atom. The van der Waals surface area contributed by atoms with Gasteiger partial charge in [0.15, 0.2) is 0 Å². The van der Waals surface area contributed by atoms with E-state index >= 15 is 0 Å². The predicted octanol–water partition coefficient (Wildman–Crippen LogP) is 1.39. The molecule has 2 saturated carbocycles. The lowest BCUT2D eigenvalue weighted by Crippen LogP contribution is -2.51. The van der Waals surface area contributed by atoms with Crippen LogP contribution in [0, 0.1) is 29.1 Å². The molecule has 0 aromatic heterocycles. The number of hydrogen-bond acceptors (Lipinski definition) is 7. The van der Waals surface area contributed by atoms with E-state index in [1.807, 2.05) is 0 Å². The van der Waals surface area contributed by atoms with E-state index in [2.05, 4.69) is 0 Å². The summed E-state index contributed by atoms with van der Waals surface area (Å²) in [6.45, 7) is 5.82. The van der Waals surface area contributed by atoms with Gasteiger partial charge in [-0.25, -0.2) is 0 Å². The lowest BCUT2D eigenvalue weighted by Gasteiger charge is -2.44. The van der Waals surface area contributed by atoms with Crippen molar-refractivity contribution < 1.29 is 33.6 Å². The summed E-state index contributed by atoms with van der Waals surface area (Å²) in [4.78, 5) is 22.9. The molecule has 0 aromatic rings. The molecule has 4 aliphatic rings. The van der Waals surface area contributed by atoms with Crippen molar-refractivity contribution in [1.29, 1.82) is 0 Å². The van der Waals surface area contributed by atoms with Crippen LogP contribution < -0.4 is 0 Å². The molecule has 7 nitrogen and oxygen atoms in total. The molecule has 0 bridgehead atoms. The van der Waals surface area contributed by atoms with Crippen LogP contribution in [0.2, 0.25) is 0 Å². The zero-order valence-electron chi connectivity index (χ0n) is 15.4. The zero-order chi connectivity index (χ0) is 18.7. The minimum atomic E-state index is -1.02. The number of aliphatic hydroxyl groups is 1. The molecule has 7 heteroatoms. The monoisotopic (exact) mass is 366 g/mol. The van der Waals surface area contributed by atoms with Crippen LogP contribution in [0.1, 0.15) is 33.6 Å². The fourth-order valence-electron chi connectivity index (χ4n) is 5.59. The fourth-order valence-corrected chi connectivity index (χ4v) is 5.59. The molecular formula is C19H26O7. The topological polar surface area (TPSA) is 91.3 Å². The van der Waals surface area contributed by atoms with Gasteiger partial charge in [0.1, 0.15) is 0 Å². The Balaban J connectivity index is 1.71. The summed E-state index contributed by atoms with van der Waals surface area (Å²) < 4.78 is 22.4. The molecule has 4 rings (SSSR count). The first-order valence-electron chi connectivity index (χ1n) is 9.21. The standard InChI is InChI=1S/C19H26O7/c1-10(20)25-9-19-8-23-6-12-7-24-17(26-11(2)21)16-14(12)15(19)13(19)4-5-18(16,3)22/h7,13-17,22H,4-6,8-9H2,1-3H3/t13-,14+,15-,16-,17+,18-,19+/m0/s1. The van der Waals surface area contributed by atoms with Crippen molar-refractivity contribution >= 4 is 11.9 Å². The van der Waals surface area contributed by atoms with Crippen molar-refractivity contribution in [3.8, 4) is 0 Å². The maximum absolute atomic E-state index is 11.6. The first kappa shape index (κ1) is 17.8. The van der Waals surface area contributed by atoms with Gasteiger partial charge in [0, 0.05) is 25.2 Å². The summed E-state index contributed by atoms with van der Waals surface area (Å²) in [5.74, 6) is -0.597. The lowest BCUT2D eigenvalue weighted by molar-refractivity contribution is -0.211. The number of ether oxygens (including phenoxy) is 4. The number of hydrogen-bond donors (Lipinski definition) is 1. The molecule has 1 N–H and O–H groups in total. The van der Waals surface area contributed by atoms with Crippen LogP contribution >= 0.6 is 0 Å². The van der Waals surface area contributed by atoms with Gasteiger partial charge < -0.3 is 24.1 Å². The molecule has 144 valence electrons. The van der Waals surface area contributed by atoms with Crippen molar-refractivity contribution in [3.05, 3.63) is 11.8 Å². The van der Waals surface area contributed by atoms with E-state index in [0.29, 0.717) is 32.2 Å². The minimum absolute atomic E-state index is 0.0198. The fraction of sp³-hybridized carbons (Fsp3) is 0.789. The molecule has 0 unspecified atom stereocenters. The van der Waals surface area contributed by atoms with Crippen molar-refractivity contribution in [1.82, 2.24) is 0 Å². The smallest absolute Gasteiger partial charge is 0.305 e. The number of rotatable bonds is 3. The average molecular weight is 366 g/mol. The summed E-state index contributed by atoms with van der Waals surface area (Å²) in [6.07, 6.45) is 2.20. The van der Waals surface area contributed by atoms with Gasteiger partial charge in [0.25, 0.3) is 0 Å². The number of esters is 2. The highest BCUT2D eigenvalue weighted by Crippen LogP contribution is 2.71. The van der Waals surface area contributed by atoms with E-state index in [-0.39, 0.29) is 29.1 Å². The molecular weight excluding hydrogens is 340 g/mol. The van der Waals surface area contributed by atoms with Crippen LogP contribution in [0.25, 0.3) is 0 Å². The average Bonchev–Trinajstić information content (AvgIpc) is 3.22. The molecule has 0 spiro atoms. The normalized spacial score (nSPS) is 45.8. The molecule has 0 aromatic carbocycles. The molecule has 26 heavy (non-hydrogen) atoms. The van der Waals surface area contributed by atoms with Gasteiger partial charge in [-0.15, -0.1) is 0 Å². The molecule has 0 amide bonds. The summed E-state index contributed by atoms with van der Waals surface area (Å²) in [7, 11) is 0. The van der Waals surface area contributed by atoms with E-state index < -0.39 is 17.9 Å². The molecule has 3 fully saturated rings. The molecule has 1 saturated heterocycles. The van der Waals surface area contributed by atoms with Crippen LogP contribution in [0.3, 0.4) is 0 Å². The first-order valence-corrected chi connectivity index (χ1v) is 9.21. The minimum Gasteiger partial charge on any atom is -0.465 e. The third-order valence-corrected chi connectivity index (χ3v) is 6.72. The molecule has 0 radical (unpaired) electrons. The largest absolute Gasteiger partial charge is 0.465 e. The van der Waals surface area contributed by atoms with Gasteiger partial charge in [-0.1, -0.05) is 0 Å². The van der Waals surface area contributed by atoms with E-state index in [1.54, 1.807) is 13.2 Å². The SMILES string of the molecule is CC(=O)OC[C@@]12COCC3=CO[C@H](OC(C)=O)[C@@H]4[C@H]3[C@@H]1[C@@H]2CC[C@]4(C)O. The maximum Gasteiger partial charge on any atom is 0.305 e. The van der Waals surface area contributed by atoms with Crippen LogP contribution in [-0.2, 0) is 28.5 Å². The second-order valence-corrected chi connectivity index (χ2v) is 8.39. The number of carbonyl (C=O) groups excluding carboxylic acids is 2. The first-order chi connectivity index (χ1) is 12.3. The Bertz CT molecular complexity index is 654. The maximum atomic E-state index is 11.6. The van der Waals surface area contributed by atoms with Gasteiger partial charge in [-0.05, 0) is 37.2 Å². The highest BCUT2D eigenvalue weighted by molar-refractivity contribution is 5.66. The van der Waals surface area contributed by atoms with Crippen molar-refractivity contribution in [2.75, 3.05) is 19.8 Å². The van der Waals surface area contributed by atoms with Gasteiger partial charge >= 0.3 is 11.9 Å². The number of fused-ring (bicyclic) bond motifs is 1. The van der Waals surface area contributed by atoms with Crippen LogP contribution in [0.5, 0.6) is 0 Å². The lowest BCUT2D eigenvalue weighted by atomic mass is 9.70. The Labute approximate surface area is 152 Å². The van der Waals surface area contributed by atoms with E-state index in [1.165, 1.54) is 13.8 Å². The van der Waals surface area contributed by atoms with Crippen LogP contribution in [0.4, 0.5) is 0 Å². The van der Waals surface area contributed by atoms with Gasteiger partial charge in [0.2, 0.25) is 6.29 Å². The summed E-state index contributed by atoms with van der Waals surface area (Å²) in [5, 5.41) is 11.2. The van der Waals surface area contributed by atoms with Crippen molar-refractivity contribution in [2.45, 2.75) is 45.5 Å². The highest BCUT2D eigenvalue weighted by atomic mass is 16.7. The Hall–Kier alpha value is -1.60. The molecule has 2 aliphatic heterocycles. The Morgan fingerprint density at radius 2 is 2.08 bits per heavy atom. The second-order valence-electron chi connectivity index (χ2n) is 8.39. The van der Waals surface area contributed by atoms with E-state index in [4.69, 9.17) is 18.9 Å². The Morgan fingerprint density at radius 1 is 1.31 bits per heavy atom. The van der Waals surface area contributed by atoms with Gasteiger partial charge in [0.05, 0.1) is 37.6 Å². The molecule has 2 heterocycles. The molecule has 2 aliphatic carbocycles. The molecule has 7 atom stereocenters. The highest BCUT2D eigenvalue weighted by Gasteiger charge is 2.73. The summed E-state index contributed by atoms with van der Waals surface area (Å²) in [6, 6.07) is 0. The third kappa shape index (κ3) is 2.63. The summed E-state index contributed by atoms with van der Waals surface area (Å²) in [5.41, 5.74) is -0.258. The van der Waals surface area contributed by atoms with Gasteiger partial charge in [-0.2, -0.15) is 0 Å². The van der Waals surface area contributed by atoms with Crippen molar-refractivity contribution in [2.24, 2.45) is 29.1 Å². The Kier molecular flexibility index (Phi) is 4.08. The third-order valence-electron chi connectivity index (χ3n) is 6.72. The van der Waals surface area contributed by atoms with Gasteiger partial charge in [-0.3, -0.25) is 9.59 Å².